The molecule has 0 radical (unpaired) electrons. The minimum atomic E-state index is -1.08. The van der Waals surface area contributed by atoms with Crippen LogP contribution in [0.2, 0.25) is 0 Å². The zero-order valence-corrected chi connectivity index (χ0v) is 8.92. The highest BCUT2D eigenvalue weighted by molar-refractivity contribution is 5.92. The molecule has 1 aromatic heterocycles. The van der Waals surface area contributed by atoms with Crippen LogP contribution in [0.25, 0.3) is 0 Å². The predicted octanol–water partition coefficient (Wildman–Crippen LogP) is 2.14. The molecule has 0 aliphatic rings. The number of nitrogen functional groups attached to an aromatic ring is 1. The van der Waals surface area contributed by atoms with Gasteiger partial charge >= 0.3 is 5.97 Å². The van der Waals surface area contributed by atoms with E-state index in [9.17, 15) is 4.79 Å². The lowest BCUT2D eigenvalue weighted by molar-refractivity contribution is 0.0691. The van der Waals surface area contributed by atoms with Crippen LogP contribution < -0.4 is 10.5 Å². The molecule has 0 bridgehead atoms. The van der Waals surface area contributed by atoms with Gasteiger partial charge in [-0.1, -0.05) is 0 Å². The Hall–Kier alpha value is -2.43. The standard InChI is InChI=1S/C12H11NO4/c13-8-3-4-11(10(6-8)12(14)15)17-7-9-2-1-5-16-9/h1-6H,7,13H2,(H,14,15). The van der Waals surface area contributed by atoms with Crippen molar-refractivity contribution in [1.82, 2.24) is 0 Å². The van der Waals surface area contributed by atoms with Gasteiger partial charge < -0.3 is 20.0 Å². The monoisotopic (exact) mass is 233 g/mol. The van der Waals surface area contributed by atoms with Gasteiger partial charge in [0.2, 0.25) is 0 Å². The maximum atomic E-state index is 11.0. The maximum Gasteiger partial charge on any atom is 0.339 e. The summed E-state index contributed by atoms with van der Waals surface area (Å²) in [6.45, 7) is 0.178. The SMILES string of the molecule is Nc1ccc(OCc2ccco2)c(C(=O)O)c1. The van der Waals surface area contributed by atoms with Crippen molar-refractivity contribution in [2.24, 2.45) is 0 Å². The van der Waals surface area contributed by atoms with Crippen LogP contribution in [0.3, 0.4) is 0 Å². The lowest BCUT2D eigenvalue weighted by Crippen LogP contribution is -2.04. The van der Waals surface area contributed by atoms with Gasteiger partial charge in [-0.2, -0.15) is 0 Å². The Bertz CT molecular complexity index is 519. The minimum Gasteiger partial charge on any atom is -0.485 e. The lowest BCUT2D eigenvalue weighted by Gasteiger charge is -2.08. The number of aromatic carboxylic acids is 1. The van der Waals surface area contributed by atoms with Gasteiger partial charge in [0.25, 0.3) is 0 Å². The molecule has 2 rings (SSSR count). The van der Waals surface area contributed by atoms with Crippen molar-refractivity contribution in [3.8, 4) is 5.75 Å². The van der Waals surface area contributed by atoms with Gasteiger partial charge in [0.05, 0.1) is 6.26 Å². The first-order valence-corrected chi connectivity index (χ1v) is 4.95. The quantitative estimate of drug-likeness (QED) is 0.790. The maximum absolute atomic E-state index is 11.0. The summed E-state index contributed by atoms with van der Waals surface area (Å²) in [5.74, 6) is -0.187. The zero-order chi connectivity index (χ0) is 12.3. The summed E-state index contributed by atoms with van der Waals surface area (Å²) in [5.41, 5.74) is 5.94. The molecule has 0 aliphatic carbocycles. The Morgan fingerprint density at radius 3 is 2.88 bits per heavy atom. The van der Waals surface area contributed by atoms with E-state index in [1.54, 1.807) is 18.2 Å². The van der Waals surface area contributed by atoms with Gasteiger partial charge in [-0.3, -0.25) is 0 Å². The fourth-order valence-corrected chi connectivity index (χ4v) is 1.38. The molecule has 0 spiro atoms. The normalized spacial score (nSPS) is 10.1. The third kappa shape index (κ3) is 2.57. The van der Waals surface area contributed by atoms with E-state index in [0.717, 1.165) is 0 Å². The van der Waals surface area contributed by atoms with E-state index in [1.807, 2.05) is 0 Å². The third-order valence-electron chi connectivity index (χ3n) is 2.18. The highest BCUT2D eigenvalue weighted by Crippen LogP contribution is 2.22. The molecule has 88 valence electrons. The second kappa shape index (κ2) is 4.61. The molecule has 17 heavy (non-hydrogen) atoms. The van der Waals surface area contributed by atoms with E-state index in [1.165, 1.54) is 18.4 Å². The highest BCUT2D eigenvalue weighted by atomic mass is 16.5. The molecule has 1 heterocycles. The van der Waals surface area contributed by atoms with Crippen LogP contribution in [0.4, 0.5) is 5.69 Å². The summed E-state index contributed by atoms with van der Waals surface area (Å²) in [6, 6.07) is 7.96. The van der Waals surface area contributed by atoms with Crippen molar-refractivity contribution in [2.45, 2.75) is 6.61 Å². The summed E-state index contributed by atoms with van der Waals surface area (Å²) in [5, 5.41) is 8.99. The van der Waals surface area contributed by atoms with E-state index >= 15 is 0 Å². The summed E-state index contributed by atoms with van der Waals surface area (Å²) in [6.07, 6.45) is 1.53. The molecule has 2 aromatic rings. The average Bonchev–Trinajstić information content (AvgIpc) is 2.80. The molecule has 0 fully saturated rings. The minimum absolute atomic E-state index is 0.0385. The predicted molar refractivity (Wildman–Crippen MR) is 60.9 cm³/mol. The number of furan rings is 1. The van der Waals surface area contributed by atoms with Crippen molar-refractivity contribution in [1.29, 1.82) is 0 Å². The summed E-state index contributed by atoms with van der Waals surface area (Å²) in [7, 11) is 0. The smallest absolute Gasteiger partial charge is 0.339 e. The molecule has 5 nitrogen and oxygen atoms in total. The fraction of sp³-hybridized carbons (Fsp3) is 0.0833. The summed E-state index contributed by atoms with van der Waals surface area (Å²) in [4.78, 5) is 11.0. The van der Waals surface area contributed by atoms with Gasteiger partial charge in [-0.15, -0.1) is 0 Å². The zero-order valence-electron chi connectivity index (χ0n) is 8.92. The van der Waals surface area contributed by atoms with Crippen LogP contribution in [-0.2, 0) is 6.61 Å². The van der Waals surface area contributed by atoms with E-state index in [4.69, 9.17) is 20.0 Å². The van der Waals surface area contributed by atoms with Gasteiger partial charge in [-0.25, -0.2) is 4.79 Å². The molecule has 0 aliphatic heterocycles. The first-order valence-electron chi connectivity index (χ1n) is 4.95. The Labute approximate surface area is 97.4 Å². The molecule has 0 saturated heterocycles. The fourth-order valence-electron chi connectivity index (χ4n) is 1.38. The first kappa shape index (κ1) is 11.1. The molecule has 0 saturated carbocycles. The average molecular weight is 233 g/mol. The Morgan fingerprint density at radius 1 is 1.41 bits per heavy atom. The Kier molecular flexibility index (Phi) is 3.00. The molecular weight excluding hydrogens is 222 g/mol. The van der Waals surface area contributed by atoms with Crippen LogP contribution in [-0.4, -0.2) is 11.1 Å². The van der Waals surface area contributed by atoms with E-state index in [0.29, 0.717) is 11.4 Å². The van der Waals surface area contributed by atoms with Crippen molar-refractivity contribution in [3.63, 3.8) is 0 Å². The molecule has 5 heteroatoms. The number of hydrogen-bond acceptors (Lipinski definition) is 4. The first-order chi connectivity index (χ1) is 8.16. The molecule has 3 N–H and O–H groups in total. The van der Waals surface area contributed by atoms with E-state index < -0.39 is 5.97 Å². The van der Waals surface area contributed by atoms with Crippen LogP contribution in [0.1, 0.15) is 16.1 Å². The third-order valence-corrected chi connectivity index (χ3v) is 2.18. The molecule has 1 aromatic carbocycles. The topological polar surface area (TPSA) is 85.7 Å². The lowest BCUT2D eigenvalue weighted by atomic mass is 10.2. The van der Waals surface area contributed by atoms with Crippen molar-refractivity contribution >= 4 is 11.7 Å². The van der Waals surface area contributed by atoms with Gasteiger partial charge in [0.1, 0.15) is 23.7 Å². The number of anilines is 1. The number of ether oxygens (including phenoxy) is 1. The Balaban J connectivity index is 2.17. The second-order valence-electron chi connectivity index (χ2n) is 3.43. The second-order valence-corrected chi connectivity index (χ2v) is 3.43. The number of benzene rings is 1. The van der Waals surface area contributed by atoms with Crippen molar-refractivity contribution in [3.05, 3.63) is 47.9 Å². The summed E-state index contributed by atoms with van der Waals surface area (Å²) < 4.78 is 10.4. The van der Waals surface area contributed by atoms with Gasteiger partial charge in [0, 0.05) is 5.69 Å². The number of nitrogens with two attached hydrogens (primary N) is 1. The number of carboxylic acid groups (broad SMARTS) is 1. The van der Waals surface area contributed by atoms with Crippen molar-refractivity contribution < 1.29 is 19.1 Å². The molecule has 0 unspecified atom stereocenters. The van der Waals surface area contributed by atoms with Crippen LogP contribution in [0.5, 0.6) is 5.75 Å². The largest absolute Gasteiger partial charge is 0.485 e. The van der Waals surface area contributed by atoms with Crippen LogP contribution in [0, 0.1) is 0 Å². The van der Waals surface area contributed by atoms with Gasteiger partial charge in [-0.05, 0) is 30.3 Å². The van der Waals surface area contributed by atoms with E-state index in [2.05, 4.69) is 0 Å². The number of rotatable bonds is 4. The molecular formula is C12H11NO4. The Morgan fingerprint density at radius 2 is 2.24 bits per heavy atom. The molecule has 0 amide bonds. The number of carboxylic acids is 1. The van der Waals surface area contributed by atoms with Crippen LogP contribution >= 0.6 is 0 Å². The van der Waals surface area contributed by atoms with E-state index in [-0.39, 0.29) is 17.9 Å². The van der Waals surface area contributed by atoms with Crippen LogP contribution in [0.15, 0.2) is 41.0 Å². The van der Waals surface area contributed by atoms with Crippen molar-refractivity contribution in [2.75, 3.05) is 5.73 Å². The number of hydrogen-bond donors (Lipinski definition) is 2. The molecule has 0 atom stereocenters. The number of carbonyl (C=O) groups is 1. The summed E-state index contributed by atoms with van der Waals surface area (Å²) >= 11 is 0. The van der Waals surface area contributed by atoms with Gasteiger partial charge in [0.15, 0.2) is 0 Å². The highest BCUT2D eigenvalue weighted by Gasteiger charge is 2.12.